The number of nitrogens with one attached hydrogen (secondary N) is 1. The molecule has 0 unspecified atom stereocenters. The summed E-state index contributed by atoms with van der Waals surface area (Å²) in [6.07, 6.45) is 0. The smallest absolute Gasteiger partial charge is 0.340 e. The average molecular weight is 374 g/mol. The normalized spacial score (nSPS) is 11.1. The van der Waals surface area contributed by atoms with Crippen LogP contribution in [0, 0.1) is 5.82 Å². The lowest BCUT2D eigenvalue weighted by Gasteiger charge is -2.12. The minimum atomic E-state index is -4.04. The van der Waals surface area contributed by atoms with Gasteiger partial charge in [0.05, 0.1) is 5.69 Å². The number of aromatic carboxylic acids is 1. The molecule has 0 aliphatic carbocycles. The minimum absolute atomic E-state index is 0.0781. The maximum absolute atomic E-state index is 13.5. The second-order valence-electron chi connectivity index (χ2n) is 4.00. The van der Waals surface area contributed by atoms with Crippen LogP contribution in [0.1, 0.15) is 10.4 Å². The summed E-state index contributed by atoms with van der Waals surface area (Å²) >= 11 is 3.10. The standard InChI is InChI=1S/C13H9BrFNO4S/c14-8-4-1-2-7-11(8)21(19,20)16-10-6-3-5-9(15)12(10)13(17)18/h1-7,16H,(H,17,18). The van der Waals surface area contributed by atoms with E-state index >= 15 is 0 Å². The van der Waals surface area contributed by atoms with Crippen molar-refractivity contribution in [3.05, 3.63) is 58.3 Å². The molecule has 0 spiro atoms. The van der Waals surface area contributed by atoms with Gasteiger partial charge in [-0.15, -0.1) is 0 Å². The van der Waals surface area contributed by atoms with Crippen LogP contribution in [0.5, 0.6) is 0 Å². The monoisotopic (exact) mass is 373 g/mol. The molecule has 5 nitrogen and oxygen atoms in total. The Kier molecular flexibility index (Phi) is 4.29. The van der Waals surface area contributed by atoms with Gasteiger partial charge in [-0.25, -0.2) is 17.6 Å². The van der Waals surface area contributed by atoms with E-state index in [4.69, 9.17) is 5.11 Å². The van der Waals surface area contributed by atoms with Crippen molar-refractivity contribution in [3.8, 4) is 0 Å². The quantitative estimate of drug-likeness (QED) is 0.862. The van der Waals surface area contributed by atoms with E-state index in [1.165, 1.54) is 30.3 Å². The summed E-state index contributed by atoms with van der Waals surface area (Å²) in [5.74, 6) is -2.58. The maximum Gasteiger partial charge on any atom is 0.340 e. The Bertz CT molecular complexity index is 808. The van der Waals surface area contributed by atoms with Crippen LogP contribution in [-0.2, 0) is 10.0 Å². The van der Waals surface area contributed by atoms with E-state index < -0.39 is 27.4 Å². The van der Waals surface area contributed by atoms with Crippen molar-refractivity contribution in [3.63, 3.8) is 0 Å². The number of anilines is 1. The zero-order chi connectivity index (χ0) is 15.6. The zero-order valence-corrected chi connectivity index (χ0v) is 12.8. The minimum Gasteiger partial charge on any atom is -0.478 e. The van der Waals surface area contributed by atoms with Crippen molar-refractivity contribution >= 4 is 37.6 Å². The number of rotatable bonds is 4. The highest BCUT2D eigenvalue weighted by atomic mass is 79.9. The van der Waals surface area contributed by atoms with Crippen molar-refractivity contribution in [1.29, 1.82) is 0 Å². The molecule has 21 heavy (non-hydrogen) atoms. The van der Waals surface area contributed by atoms with E-state index in [1.54, 1.807) is 6.07 Å². The SMILES string of the molecule is O=C(O)c1c(F)cccc1NS(=O)(=O)c1ccccc1Br. The Morgan fingerprint density at radius 1 is 1.14 bits per heavy atom. The summed E-state index contributed by atoms with van der Waals surface area (Å²) in [6.45, 7) is 0. The molecule has 2 N–H and O–H groups in total. The number of hydrogen-bond acceptors (Lipinski definition) is 3. The number of carboxylic acid groups (broad SMARTS) is 1. The molecule has 0 amide bonds. The highest BCUT2D eigenvalue weighted by Gasteiger charge is 2.22. The summed E-state index contributed by atoms with van der Waals surface area (Å²) in [5, 5.41) is 8.98. The fourth-order valence-electron chi connectivity index (χ4n) is 1.69. The van der Waals surface area contributed by atoms with E-state index in [0.717, 1.165) is 6.07 Å². The van der Waals surface area contributed by atoms with Crippen LogP contribution in [0.4, 0.5) is 10.1 Å². The molecule has 0 aliphatic rings. The van der Waals surface area contributed by atoms with Crippen LogP contribution >= 0.6 is 15.9 Å². The highest BCUT2D eigenvalue weighted by Crippen LogP contribution is 2.26. The van der Waals surface area contributed by atoms with Crippen LogP contribution in [0.2, 0.25) is 0 Å². The third-order valence-electron chi connectivity index (χ3n) is 2.60. The van der Waals surface area contributed by atoms with Gasteiger partial charge in [0.25, 0.3) is 10.0 Å². The topological polar surface area (TPSA) is 83.5 Å². The lowest BCUT2D eigenvalue weighted by Crippen LogP contribution is -2.16. The predicted molar refractivity (Wildman–Crippen MR) is 78.3 cm³/mol. The van der Waals surface area contributed by atoms with Gasteiger partial charge in [0.15, 0.2) is 0 Å². The van der Waals surface area contributed by atoms with E-state index in [0.29, 0.717) is 4.47 Å². The van der Waals surface area contributed by atoms with Gasteiger partial charge in [-0.05, 0) is 40.2 Å². The van der Waals surface area contributed by atoms with Gasteiger partial charge in [0.2, 0.25) is 0 Å². The molecule has 110 valence electrons. The molecule has 0 aromatic heterocycles. The Balaban J connectivity index is 2.50. The molecule has 2 aromatic rings. The van der Waals surface area contributed by atoms with Crippen LogP contribution in [0.25, 0.3) is 0 Å². The van der Waals surface area contributed by atoms with Crippen molar-refractivity contribution in [2.75, 3.05) is 4.72 Å². The third-order valence-corrected chi connectivity index (χ3v) is 4.98. The van der Waals surface area contributed by atoms with Gasteiger partial charge in [-0.3, -0.25) is 4.72 Å². The Morgan fingerprint density at radius 3 is 2.43 bits per heavy atom. The second-order valence-corrected chi connectivity index (χ2v) is 6.51. The molecule has 0 atom stereocenters. The fraction of sp³-hybridized carbons (Fsp3) is 0. The van der Waals surface area contributed by atoms with Gasteiger partial charge >= 0.3 is 5.97 Å². The molecule has 2 rings (SSSR count). The molecule has 0 heterocycles. The van der Waals surface area contributed by atoms with E-state index in [9.17, 15) is 17.6 Å². The predicted octanol–water partition coefficient (Wildman–Crippen LogP) is 3.09. The van der Waals surface area contributed by atoms with Crippen LogP contribution in [0.15, 0.2) is 51.8 Å². The molecular weight excluding hydrogens is 365 g/mol. The highest BCUT2D eigenvalue weighted by molar-refractivity contribution is 9.10. The number of carboxylic acids is 1. The Morgan fingerprint density at radius 2 is 1.81 bits per heavy atom. The lowest BCUT2D eigenvalue weighted by atomic mass is 10.2. The molecular formula is C13H9BrFNO4S. The van der Waals surface area contributed by atoms with Gasteiger partial charge in [0.1, 0.15) is 16.3 Å². The first-order chi connectivity index (χ1) is 9.83. The van der Waals surface area contributed by atoms with Crippen LogP contribution in [0.3, 0.4) is 0 Å². The number of hydrogen-bond donors (Lipinski definition) is 2. The number of sulfonamides is 1. The van der Waals surface area contributed by atoms with E-state index in [1.807, 2.05) is 0 Å². The third kappa shape index (κ3) is 3.22. The molecule has 8 heteroatoms. The van der Waals surface area contributed by atoms with Gasteiger partial charge in [-0.1, -0.05) is 18.2 Å². The van der Waals surface area contributed by atoms with Gasteiger partial charge in [0, 0.05) is 4.47 Å². The Labute approximate surface area is 128 Å². The van der Waals surface area contributed by atoms with E-state index in [2.05, 4.69) is 20.7 Å². The van der Waals surface area contributed by atoms with Crippen molar-refractivity contribution < 1.29 is 22.7 Å². The molecule has 0 saturated heterocycles. The van der Waals surface area contributed by atoms with Gasteiger partial charge in [-0.2, -0.15) is 0 Å². The number of halogens is 2. The lowest BCUT2D eigenvalue weighted by molar-refractivity contribution is 0.0693. The van der Waals surface area contributed by atoms with Crippen LogP contribution in [-0.4, -0.2) is 19.5 Å². The zero-order valence-electron chi connectivity index (χ0n) is 10.4. The molecule has 0 fully saturated rings. The fourth-order valence-corrected chi connectivity index (χ4v) is 3.77. The molecule has 0 radical (unpaired) electrons. The summed E-state index contributed by atoms with van der Waals surface area (Å²) in [5.41, 5.74) is -1.06. The largest absolute Gasteiger partial charge is 0.478 e. The van der Waals surface area contributed by atoms with Gasteiger partial charge < -0.3 is 5.11 Å². The summed E-state index contributed by atoms with van der Waals surface area (Å²) in [4.78, 5) is 11.0. The van der Waals surface area contributed by atoms with Crippen molar-refractivity contribution in [1.82, 2.24) is 0 Å². The molecule has 2 aromatic carbocycles. The number of carbonyl (C=O) groups is 1. The summed E-state index contributed by atoms with van der Waals surface area (Å²) < 4.78 is 40.4. The summed E-state index contributed by atoms with van der Waals surface area (Å²) in [6, 6.07) is 9.36. The Hall–Kier alpha value is -1.93. The second kappa shape index (κ2) is 5.82. The molecule has 0 bridgehead atoms. The maximum atomic E-state index is 13.5. The van der Waals surface area contributed by atoms with Crippen molar-refractivity contribution in [2.45, 2.75) is 4.90 Å². The summed E-state index contributed by atoms with van der Waals surface area (Å²) in [7, 11) is -4.04. The number of benzene rings is 2. The van der Waals surface area contributed by atoms with E-state index in [-0.39, 0.29) is 10.6 Å². The average Bonchev–Trinajstić information content (AvgIpc) is 2.38. The molecule has 0 aliphatic heterocycles. The van der Waals surface area contributed by atoms with Crippen molar-refractivity contribution in [2.24, 2.45) is 0 Å². The first-order valence-electron chi connectivity index (χ1n) is 5.62. The van der Waals surface area contributed by atoms with Crippen LogP contribution < -0.4 is 4.72 Å². The molecule has 0 saturated carbocycles. The first kappa shape index (κ1) is 15.5. The first-order valence-corrected chi connectivity index (χ1v) is 7.89.